The number of benzene rings is 1. The van der Waals surface area contributed by atoms with E-state index < -0.39 is 17.4 Å². The van der Waals surface area contributed by atoms with Crippen LogP contribution in [0.25, 0.3) is 11.2 Å². The number of alkyl halides is 1. The number of likely N-dealkylation sites (tertiary alicyclic amines) is 1. The highest BCUT2D eigenvalue weighted by Gasteiger charge is 2.39. The lowest BCUT2D eigenvalue weighted by molar-refractivity contribution is 0.0559. The number of hydrogen-bond donors (Lipinski definition) is 1. The third-order valence-corrected chi connectivity index (χ3v) is 8.39. The molecule has 1 saturated carbocycles. The van der Waals surface area contributed by atoms with Gasteiger partial charge in [-0.1, -0.05) is 13.0 Å². The van der Waals surface area contributed by atoms with Crippen LogP contribution in [0.1, 0.15) is 85.2 Å². The fraction of sp³-hybridized carbons (Fsp3) is 0.469. The summed E-state index contributed by atoms with van der Waals surface area (Å²) in [7, 11) is 1.56. The number of imidazole rings is 1. The van der Waals surface area contributed by atoms with Crippen LogP contribution in [0, 0.1) is 12.7 Å². The highest BCUT2D eigenvalue weighted by molar-refractivity contribution is 6.11. The predicted octanol–water partition coefficient (Wildman–Crippen LogP) is 6.20. The first-order valence-electron chi connectivity index (χ1n) is 14.4. The third-order valence-electron chi connectivity index (χ3n) is 8.39. The number of allylic oxidation sites excluding steroid dienone is 2. The van der Waals surface area contributed by atoms with Gasteiger partial charge < -0.3 is 19.4 Å². The number of aryl methyl sites for hydroxylation is 1. The number of halogens is 2. The van der Waals surface area contributed by atoms with Crippen molar-refractivity contribution in [2.45, 2.75) is 71.1 Å². The van der Waals surface area contributed by atoms with E-state index in [0.717, 1.165) is 36.2 Å². The first-order valence-corrected chi connectivity index (χ1v) is 14.4. The number of carbonyl (C=O) groups is 1. The van der Waals surface area contributed by atoms with Crippen LogP contribution in [0.15, 0.2) is 41.7 Å². The molecule has 1 aliphatic carbocycles. The maximum Gasteiger partial charge on any atom is 0.254 e. The summed E-state index contributed by atoms with van der Waals surface area (Å²) < 4.78 is 38.5. The number of pyridine rings is 1. The molecule has 2 fully saturated rings. The number of fused-ring (bicyclic) bond motifs is 1. The molecule has 1 unspecified atom stereocenters. The molecule has 1 aliphatic heterocycles. The molecule has 0 spiro atoms. The number of amides is 1. The predicted molar refractivity (Wildman–Crippen MR) is 158 cm³/mol. The van der Waals surface area contributed by atoms with Crippen LogP contribution in [0.5, 0.6) is 5.75 Å². The Morgan fingerprint density at radius 3 is 2.63 bits per heavy atom. The molecule has 5 rings (SSSR count). The summed E-state index contributed by atoms with van der Waals surface area (Å²) in [6, 6.07) is 4.62. The highest BCUT2D eigenvalue weighted by atomic mass is 19.1. The Balaban J connectivity index is 1.43. The normalized spacial score (nSPS) is 18.7. The van der Waals surface area contributed by atoms with Gasteiger partial charge >= 0.3 is 0 Å². The molecule has 1 amide bonds. The maximum atomic E-state index is 16.3. The summed E-state index contributed by atoms with van der Waals surface area (Å²) in [5.41, 5.74) is 2.78. The van der Waals surface area contributed by atoms with Gasteiger partial charge in [-0.05, 0) is 81.8 Å². The van der Waals surface area contributed by atoms with Crippen molar-refractivity contribution in [1.82, 2.24) is 19.6 Å². The molecular weight excluding hydrogens is 524 g/mol. The SMILES string of the molecule is C/C=C(\C=NC(C)c1cnc2cc(OC)c(C3(F)CCN(CC)CC3)cn12)c1cc(C(=O)NC2CC2)c(F)cc1C. The Hall–Kier alpha value is -3.59. The van der Waals surface area contributed by atoms with Crippen molar-refractivity contribution < 1.29 is 18.3 Å². The number of aliphatic imine (C=N–C) groups is 1. The van der Waals surface area contributed by atoms with Gasteiger partial charge in [-0.2, -0.15) is 0 Å². The van der Waals surface area contributed by atoms with E-state index in [-0.39, 0.29) is 17.6 Å². The fourth-order valence-corrected chi connectivity index (χ4v) is 5.55. The molecular formula is C32H39F2N5O2. The van der Waals surface area contributed by atoms with Gasteiger partial charge in [-0.15, -0.1) is 0 Å². The smallest absolute Gasteiger partial charge is 0.254 e. The molecule has 3 aromatic rings. The van der Waals surface area contributed by atoms with Gasteiger partial charge in [0.15, 0.2) is 0 Å². The van der Waals surface area contributed by atoms with Crippen LogP contribution in [-0.4, -0.2) is 59.2 Å². The average molecular weight is 564 g/mol. The lowest BCUT2D eigenvalue weighted by Gasteiger charge is -2.36. The first-order chi connectivity index (χ1) is 19.7. The summed E-state index contributed by atoms with van der Waals surface area (Å²) in [4.78, 5) is 24.2. The number of rotatable bonds is 9. The van der Waals surface area contributed by atoms with Crippen molar-refractivity contribution in [3.63, 3.8) is 0 Å². The molecule has 2 aromatic heterocycles. The van der Waals surface area contributed by atoms with E-state index in [2.05, 4.69) is 22.1 Å². The minimum atomic E-state index is -1.49. The van der Waals surface area contributed by atoms with Crippen molar-refractivity contribution in [3.8, 4) is 5.75 Å². The Kier molecular flexibility index (Phi) is 8.27. The van der Waals surface area contributed by atoms with E-state index >= 15 is 4.39 Å². The van der Waals surface area contributed by atoms with Gasteiger partial charge in [0.1, 0.15) is 22.9 Å². The van der Waals surface area contributed by atoms with E-state index in [1.807, 2.05) is 37.4 Å². The van der Waals surface area contributed by atoms with E-state index in [0.29, 0.717) is 48.5 Å². The van der Waals surface area contributed by atoms with Gasteiger partial charge in [0.2, 0.25) is 0 Å². The lowest BCUT2D eigenvalue weighted by Crippen LogP contribution is -2.40. The number of methoxy groups -OCH3 is 1. The zero-order chi connectivity index (χ0) is 29.3. The topological polar surface area (TPSA) is 71.2 Å². The Morgan fingerprint density at radius 2 is 2.00 bits per heavy atom. The largest absolute Gasteiger partial charge is 0.496 e. The van der Waals surface area contributed by atoms with Crippen molar-refractivity contribution in [2.24, 2.45) is 4.99 Å². The summed E-state index contributed by atoms with van der Waals surface area (Å²) in [5, 5.41) is 2.86. The Labute approximate surface area is 240 Å². The van der Waals surface area contributed by atoms with E-state index in [1.54, 1.807) is 31.7 Å². The number of nitrogens with one attached hydrogen (secondary N) is 1. The number of ether oxygens (including phenoxy) is 1. The molecule has 0 radical (unpaired) electrons. The van der Waals surface area contributed by atoms with Gasteiger partial charge in [0.05, 0.1) is 30.6 Å². The molecule has 0 bridgehead atoms. The van der Waals surface area contributed by atoms with Gasteiger partial charge in [-0.25, -0.2) is 13.8 Å². The van der Waals surface area contributed by atoms with Crippen molar-refractivity contribution in [3.05, 3.63) is 70.4 Å². The van der Waals surface area contributed by atoms with Crippen molar-refractivity contribution in [1.29, 1.82) is 0 Å². The molecule has 2 aliphatic rings. The second-order valence-electron chi connectivity index (χ2n) is 11.2. The third kappa shape index (κ3) is 5.91. The van der Waals surface area contributed by atoms with Gasteiger partial charge in [0.25, 0.3) is 5.91 Å². The highest BCUT2D eigenvalue weighted by Crippen LogP contribution is 2.42. The number of aromatic nitrogens is 2. The van der Waals surface area contributed by atoms with Crippen molar-refractivity contribution in [2.75, 3.05) is 26.7 Å². The van der Waals surface area contributed by atoms with Crippen LogP contribution in [0.3, 0.4) is 0 Å². The average Bonchev–Trinajstić information content (AvgIpc) is 3.68. The quantitative estimate of drug-likeness (QED) is 0.315. The van der Waals surface area contributed by atoms with Crippen LogP contribution >= 0.6 is 0 Å². The van der Waals surface area contributed by atoms with Gasteiger partial charge in [-0.3, -0.25) is 9.79 Å². The second kappa shape index (κ2) is 11.7. The lowest BCUT2D eigenvalue weighted by atomic mass is 9.86. The summed E-state index contributed by atoms with van der Waals surface area (Å²) >= 11 is 0. The standard InChI is InChI=1S/C32H39F2N5O2/c1-6-22(24-15-25(27(33)14-20(24)3)31(40)37-23-8-9-23)17-35-21(4)28-18-36-30-16-29(41-5)26(19-39(28)30)32(34)10-12-38(7-2)13-11-32/h6,14-19,21,23H,7-13H2,1-5H3,(H,37,40)/b22-6+,35-17?. The van der Waals surface area contributed by atoms with Crippen molar-refractivity contribution >= 4 is 23.3 Å². The van der Waals surface area contributed by atoms with Crippen LogP contribution in [-0.2, 0) is 5.67 Å². The zero-order valence-corrected chi connectivity index (χ0v) is 24.5. The Morgan fingerprint density at radius 1 is 1.27 bits per heavy atom. The minimum absolute atomic E-state index is 0.0338. The van der Waals surface area contributed by atoms with E-state index in [4.69, 9.17) is 9.73 Å². The molecule has 1 saturated heterocycles. The molecule has 7 nitrogen and oxygen atoms in total. The van der Waals surface area contributed by atoms with Crippen LogP contribution < -0.4 is 10.1 Å². The van der Waals surface area contributed by atoms with E-state index in [1.165, 1.54) is 6.07 Å². The summed E-state index contributed by atoms with van der Waals surface area (Å²) in [6.45, 7) is 10.1. The van der Waals surface area contributed by atoms with Gasteiger partial charge in [0, 0.05) is 43.2 Å². The number of carbonyl (C=O) groups excluding carboxylic acids is 1. The molecule has 1 atom stereocenters. The Bertz CT molecular complexity index is 1500. The maximum absolute atomic E-state index is 16.3. The second-order valence-corrected chi connectivity index (χ2v) is 11.2. The molecule has 218 valence electrons. The fourth-order valence-electron chi connectivity index (χ4n) is 5.55. The zero-order valence-electron chi connectivity index (χ0n) is 24.5. The summed E-state index contributed by atoms with van der Waals surface area (Å²) in [6.07, 6.45) is 9.88. The molecule has 1 aromatic carbocycles. The molecule has 41 heavy (non-hydrogen) atoms. The molecule has 3 heterocycles. The molecule has 9 heteroatoms. The first kappa shape index (κ1) is 28.9. The van der Waals surface area contributed by atoms with E-state index in [9.17, 15) is 9.18 Å². The molecule has 1 N–H and O–H groups in total. The van der Waals surface area contributed by atoms with Crippen LogP contribution in [0.4, 0.5) is 8.78 Å². The number of piperidine rings is 1. The number of nitrogens with zero attached hydrogens (tertiary/aromatic N) is 4. The number of hydrogen-bond acceptors (Lipinski definition) is 5. The summed E-state index contributed by atoms with van der Waals surface area (Å²) in [5.74, 6) is -0.425. The minimum Gasteiger partial charge on any atom is -0.496 e. The monoisotopic (exact) mass is 563 g/mol. The van der Waals surface area contributed by atoms with Crippen LogP contribution in [0.2, 0.25) is 0 Å².